The first kappa shape index (κ1) is 14.7. The van der Waals surface area contributed by atoms with Crippen LogP contribution in [0.25, 0.3) is 0 Å². The van der Waals surface area contributed by atoms with Gasteiger partial charge in [0.1, 0.15) is 0 Å². The first-order valence-electron chi connectivity index (χ1n) is 7.68. The molecule has 1 aromatic rings. The minimum atomic E-state index is 0.634. The van der Waals surface area contributed by atoms with Gasteiger partial charge < -0.3 is 10.2 Å². The van der Waals surface area contributed by atoms with Gasteiger partial charge in [-0.25, -0.2) is 0 Å². The lowest BCUT2D eigenvalue weighted by Crippen LogP contribution is -2.54. The zero-order valence-corrected chi connectivity index (χ0v) is 14.1. The normalized spacial score (nSPS) is 24.9. The molecule has 0 aromatic heterocycles. The molecule has 1 aliphatic carbocycles. The minimum absolute atomic E-state index is 0.634. The number of nitrogens with one attached hydrogen (secondary N) is 1. The van der Waals surface area contributed by atoms with Gasteiger partial charge in [0.05, 0.1) is 15.2 Å². The highest BCUT2D eigenvalue weighted by Gasteiger charge is 2.28. The van der Waals surface area contributed by atoms with Gasteiger partial charge in [0.25, 0.3) is 0 Å². The third-order valence-corrected chi connectivity index (χ3v) is 6.07. The molecule has 1 aliphatic heterocycles. The topological polar surface area (TPSA) is 15.3 Å². The van der Waals surface area contributed by atoms with Crippen LogP contribution >= 0.6 is 27.5 Å². The Kier molecular flexibility index (Phi) is 4.90. The molecular formula is C16H22BrClN2. The second kappa shape index (κ2) is 6.67. The van der Waals surface area contributed by atoms with E-state index in [1.54, 1.807) is 0 Å². The molecule has 1 unspecified atom stereocenters. The second-order valence-electron chi connectivity index (χ2n) is 5.98. The molecular weight excluding hydrogens is 336 g/mol. The highest BCUT2D eigenvalue weighted by Crippen LogP contribution is 2.34. The molecule has 0 bridgehead atoms. The molecule has 4 heteroatoms. The van der Waals surface area contributed by atoms with Gasteiger partial charge in [0, 0.05) is 25.7 Å². The average molecular weight is 358 g/mol. The molecule has 0 amide bonds. The summed E-state index contributed by atoms with van der Waals surface area (Å²) in [6, 6.07) is 6.78. The van der Waals surface area contributed by atoms with Crippen LogP contribution in [-0.2, 0) is 0 Å². The summed E-state index contributed by atoms with van der Waals surface area (Å²) >= 11 is 9.87. The zero-order chi connectivity index (χ0) is 13.9. The highest BCUT2D eigenvalue weighted by molar-refractivity contribution is 9.10. The number of nitrogens with zero attached hydrogens (tertiary/aromatic N) is 1. The van der Waals surface area contributed by atoms with Crippen LogP contribution in [0.5, 0.6) is 0 Å². The Morgan fingerprint density at radius 3 is 2.80 bits per heavy atom. The fourth-order valence-corrected chi connectivity index (χ4v) is 4.27. The Hall–Kier alpha value is -0.250. The van der Waals surface area contributed by atoms with E-state index in [1.165, 1.54) is 37.8 Å². The third-order valence-electron chi connectivity index (χ3n) is 4.70. The minimum Gasteiger partial charge on any atom is -0.368 e. The molecule has 2 fully saturated rings. The number of benzene rings is 1. The summed E-state index contributed by atoms with van der Waals surface area (Å²) < 4.78 is 1.03. The van der Waals surface area contributed by atoms with Crippen LogP contribution in [0.1, 0.15) is 32.1 Å². The Labute approximate surface area is 135 Å². The molecule has 0 spiro atoms. The first-order chi connectivity index (χ1) is 9.75. The van der Waals surface area contributed by atoms with Crippen molar-refractivity contribution in [3.63, 3.8) is 0 Å². The molecule has 1 N–H and O–H groups in total. The van der Waals surface area contributed by atoms with Gasteiger partial charge in [-0.15, -0.1) is 0 Å². The molecule has 1 heterocycles. The van der Waals surface area contributed by atoms with Crippen LogP contribution in [0.4, 0.5) is 5.69 Å². The third kappa shape index (κ3) is 3.15. The maximum atomic E-state index is 6.23. The molecule has 2 aliphatic rings. The lowest BCUT2D eigenvalue weighted by Gasteiger charge is -2.40. The highest BCUT2D eigenvalue weighted by atomic mass is 79.9. The maximum Gasteiger partial charge on any atom is 0.0595 e. The molecule has 20 heavy (non-hydrogen) atoms. The van der Waals surface area contributed by atoms with Crippen molar-refractivity contribution < 1.29 is 0 Å². The largest absolute Gasteiger partial charge is 0.368 e. The van der Waals surface area contributed by atoms with Crippen LogP contribution in [0.2, 0.25) is 5.02 Å². The summed E-state index contributed by atoms with van der Waals surface area (Å²) in [7, 11) is 0. The summed E-state index contributed by atoms with van der Waals surface area (Å²) in [6.45, 7) is 3.23. The quantitative estimate of drug-likeness (QED) is 0.840. The molecule has 1 saturated carbocycles. The van der Waals surface area contributed by atoms with Crippen molar-refractivity contribution >= 4 is 33.2 Å². The van der Waals surface area contributed by atoms with Crippen molar-refractivity contribution in [3.8, 4) is 0 Å². The predicted octanol–water partition coefficient (Wildman–Crippen LogP) is 4.46. The van der Waals surface area contributed by atoms with E-state index in [1.807, 2.05) is 12.1 Å². The molecule has 1 saturated heterocycles. The Balaban J connectivity index is 1.72. The van der Waals surface area contributed by atoms with Crippen molar-refractivity contribution in [3.05, 3.63) is 27.7 Å². The average Bonchev–Trinajstić information content (AvgIpc) is 2.51. The lowest BCUT2D eigenvalue weighted by molar-refractivity contribution is 0.257. The number of rotatable bonds is 2. The number of hydrogen-bond acceptors (Lipinski definition) is 2. The summed E-state index contributed by atoms with van der Waals surface area (Å²) in [6.07, 6.45) is 7.02. The second-order valence-corrected chi connectivity index (χ2v) is 7.18. The molecule has 2 nitrogen and oxygen atoms in total. The van der Waals surface area contributed by atoms with Gasteiger partial charge in [-0.3, -0.25) is 0 Å². The van der Waals surface area contributed by atoms with Gasteiger partial charge in [-0.05, 0) is 46.8 Å². The number of halogens is 2. The Bertz CT molecular complexity index is 460. The zero-order valence-electron chi connectivity index (χ0n) is 11.7. The lowest BCUT2D eigenvalue weighted by atomic mass is 9.83. The van der Waals surface area contributed by atoms with E-state index in [4.69, 9.17) is 11.6 Å². The van der Waals surface area contributed by atoms with E-state index < -0.39 is 0 Å². The smallest absolute Gasteiger partial charge is 0.0595 e. The van der Waals surface area contributed by atoms with E-state index in [-0.39, 0.29) is 0 Å². The predicted molar refractivity (Wildman–Crippen MR) is 89.7 cm³/mol. The molecule has 3 rings (SSSR count). The van der Waals surface area contributed by atoms with E-state index in [9.17, 15) is 0 Å². The summed E-state index contributed by atoms with van der Waals surface area (Å²) in [5.74, 6) is 0.851. The standard InChI is InChI=1S/C16H22BrClN2/c17-16-13(18)7-4-8-15(16)20-10-9-19-14(11-20)12-5-2-1-3-6-12/h4,7-8,12,14,19H,1-3,5-6,9-11H2. The molecule has 0 radical (unpaired) electrons. The summed E-state index contributed by atoms with van der Waals surface area (Å²) in [4.78, 5) is 2.48. The maximum absolute atomic E-state index is 6.23. The number of hydrogen-bond donors (Lipinski definition) is 1. The monoisotopic (exact) mass is 356 g/mol. The van der Waals surface area contributed by atoms with Gasteiger partial charge in [-0.2, -0.15) is 0 Å². The molecule has 110 valence electrons. The fraction of sp³-hybridized carbons (Fsp3) is 0.625. The van der Waals surface area contributed by atoms with Gasteiger partial charge >= 0.3 is 0 Å². The molecule has 1 atom stereocenters. The van der Waals surface area contributed by atoms with Crippen LogP contribution in [0.3, 0.4) is 0 Å². The fourth-order valence-electron chi connectivity index (χ4n) is 3.59. The van der Waals surface area contributed by atoms with Gasteiger partial charge in [0.2, 0.25) is 0 Å². The van der Waals surface area contributed by atoms with Gasteiger partial charge in [0.15, 0.2) is 0 Å². The van der Waals surface area contributed by atoms with Crippen LogP contribution in [0, 0.1) is 5.92 Å². The van der Waals surface area contributed by atoms with Crippen molar-refractivity contribution in [2.75, 3.05) is 24.5 Å². The van der Waals surface area contributed by atoms with Crippen LogP contribution in [-0.4, -0.2) is 25.7 Å². The molecule has 1 aromatic carbocycles. The van der Waals surface area contributed by atoms with Crippen molar-refractivity contribution in [1.29, 1.82) is 0 Å². The summed E-state index contributed by atoms with van der Waals surface area (Å²) in [5.41, 5.74) is 1.24. The number of anilines is 1. The Morgan fingerprint density at radius 1 is 1.20 bits per heavy atom. The summed E-state index contributed by atoms with van der Waals surface area (Å²) in [5, 5.41) is 4.53. The van der Waals surface area contributed by atoms with E-state index >= 15 is 0 Å². The van der Waals surface area contributed by atoms with Crippen molar-refractivity contribution in [1.82, 2.24) is 5.32 Å². The van der Waals surface area contributed by atoms with E-state index in [0.717, 1.165) is 35.0 Å². The van der Waals surface area contributed by atoms with Crippen LogP contribution < -0.4 is 10.2 Å². The first-order valence-corrected chi connectivity index (χ1v) is 8.85. The SMILES string of the molecule is Clc1cccc(N2CCNC(C3CCCCC3)C2)c1Br. The van der Waals surface area contributed by atoms with Crippen molar-refractivity contribution in [2.24, 2.45) is 5.92 Å². The van der Waals surface area contributed by atoms with Crippen molar-refractivity contribution in [2.45, 2.75) is 38.1 Å². The van der Waals surface area contributed by atoms with Gasteiger partial charge in [-0.1, -0.05) is 36.9 Å². The van der Waals surface area contributed by atoms with Crippen LogP contribution in [0.15, 0.2) is 22.7 Å². The van der Waals surface area contributed by atoms with E-state index in [0.29, 0.717) is 6.04 Å². The number of piperazine rings is 1. The van der Waals surface area contributed by atoms with E-state index in [2.05, 4.69) is 32.2 Å². The Morgan fingerprint density at radius 2 is 2.00 bits per heavy atom.